The second-order valence-electron chi connectivity index (χ2n) is 5.75. The molecule has 1 aliphatic heterocycles. The van der Waals surface area contributed by atoms with Crippen molar-refractivity contribution in [1.82, 2.24) is 15.4 Å². The largest absolute Gasteiger partial charge is 0.360 e. The maximum absolute atomic E-state index is 11.5. The van der Waals surface area contributed by atoms with Gasteiger partial charge in [-0.05, 0) is 6.92 Å². The highest BCUT2D eigenvalue weighted by molar-refractivity contribution is 7.91. The molecule has 1 unspecified atom stereocenters. The molecule has 0 bridgehead atoms. The first kappa shape index (κ1) is 15.5. The maximum atomic E-state index is 11.5. The van der Waals surface area contributed by atoms with Gasteiger partial charge in [-0.2, -0.15) is 0 Å². The van der Waals surface area contributed by atoms with Crippen LogP contribution < -0.4 is 5.32 Å². The van der Waals surface area contributed by atoms with Gasteiger partial charge in [0.05, 0.1) is 23.7 Å². The minimum absolute atomic E-state index is 0.0242. The van der Waals surface area contributed by atoms with E-state index >= 15 is 0 Å². The molecule has 0 spiro atoms. The third-order valence-corrected chi connectivity index (χ3v) is 5.26. The van der Waals surface area contributed by atoms with Gasteiger partial charge in [-0.25, -0.2) is 8.42 Å². The van der Waals surface area contributed by atoms with E-state index in [1.54, 1.807) is 0 Å². The van der Waals surface area contributed by atoms with Gasteiger partial charge in [-0.15, -0.1) is 0 Å². The second kappa shape index (κ2) is 6.24. The van der Waals surface area contributed by atoms with Crippen molar-refractivity contribution in [3.8, 4) is 0 Å². The Labute approximate surface area is 120 Å². The summed E-state index contributed by atoms with van der Waals surface area (Å²) in [6.07, 6.45) is 0. The Bertz CT molecular complexity index is 539. The summed E-state index contributed by atoms with van der Waals surface area (Å²) in [5, 5.41) is 7.31. The zero-order valence-corrected chi connectivity index (χ0v) is 13.1. The molecule has 1 N–H and O–H groups in total. The van der Waals surface area contributed by atoms with Crippen LogP contribution >= 0.6 is 0 Å². The molecule has 0 amide bonds. The molecule has 114 valence electrons. The van der Waals surface area contributed by atoms with Crippen molar-refractivity contribution >= 4 is 9.84 Å². The average molecular weight is 301 g/mol. The normalized spacial score (nSPS) is 23.3. The number of hydrogen-bond donors (Lipinski definition) is 1. The van der Waals surface area contributed by atoms with E-state index in [1.807, 2.05) is 13.0 Å². The summed E-state index contributed by atoms with van der Waals surface area (Å²) in [4.78, 5) is 2.13. The van der Waals surface area contributed by atoms with Gasteiger partial charge in [0.25, 0.3) is 0 Å². The topological polar surface area (TPSA) is 75.4 Å². The Kier molecular flexibility index (Phi) is 4.82. The highest BCUT2D eigenvalue weighted by Gasteiger charge is 2.28. The molecular weight excluding hydrogens is 278 g/mol. The van der Waals surface area contributed by atoms with Gasteiger partial charge < -0.3 is 9.84 Å². The van der Waals surface area contributed by atoms with Crippen LogP contribution in [0.1, 0.15) is 32.2 Å². The molecule has 1 saturated heterocycles. The fraction of sp³-hybridized carbons (Fsp3) is 0.769. The molecule has 6 nitrogen and oxygen atoms in total. The summed E-state index contributed by atoms with van der Waals surface area (Å²) < 4.78 is 28.4. The van der Waals surface area contributed by atoms with E-state index in [9.17, 15) is 8.42 Å². The van der Waals surface area contributed by atoms with Crippen molar-refractivity contribution in [3.63, 3.8) is 0 Å². The fourth-order valence-electron chi connectivity index (χ4n) is 2.29. The zero-order valence-electron chi connectivity index (χ0n) is 12.3. The predicted octanol–water partition coefficient (Wildman–Crippen LogP) is 0.792. The average Bonchev–Trinajstić information content (AvgIpc) is 2.77. The zero-order chi connectivity index (χ0) is 14.8. The van der Waals surface area contributed by atoms with Crippen molar-refractivity contribution in [2.45, 2.75) is 45.9 Å². The van der Waals surface area contributed by atoms with Crippen molar-refractivity contribution in [2.24, 2.45) is 0 Å². The summed E-state index contributed by atoms with van der Waals surface area (Å²) in [5.74, 6) is 1.24. The van der Waals surface area contributed by atoms with Crippen molar-refractivity contribution in [2.75, 3.05) is 18.1 Å². The molecule has 2 heterocycles. The van der Waals surface area contributed by atoms with Crippen LogP contribution in [0.5, 0.6) is 0 Å². The van der Waals surface area contributed by atoms with E-state index in [4.69, 9.17) is 4.52 Å². The van der Waals surface area contributed by atoms with E-state index in [2.05, 4.69) is 29.2 Å². The molecule has 7 heteroatoms. The second-order valence-corrected chi connectivity index (χ2v) is 7.98. The van der Waals surface area contributed by atoms with E-state index in [1.165, 1.54) is 0 Å². The molecule has 1 aliphatic rings. The summed E-state index contributed by atoms with van der Waals surface area (Å²) in [6, 6.07) is 2.36. The van der Waals surface area contributed by atoms with Crippen LogP contribution in [0.25, 0.3) is 0 Å². The third-order valence-electron chi connectivity index (χ3n) is 3.47. The third kappa shape index (κ3) is 4.29. The highest BCUT2D eigenvalue weighted by atomic mass is 32.2. The van der Waals surface area contributed by atoms with E-state index in [0.29, 0.717) is 25.7 Å². The van der Waals surface area contributed by atoms with Gasteiger partial charge in [-0.1, -0.05) is 19.0 Å². The van der Waals surface area contributed by atoms with Crippen LogP contribution in [0, 0.1) is 0 Å². The number of aromatic nitrogens is 1. The summed E-state index contributed by atoms with van der Waals surface area (Å²) in [5.41, 5.74) is 0.881. The Hall–Kier alpha value is -0.920. The monoisotopic (exact) mass is 301 g/mol. The number of hydrogen-bond acceptors (Lipinski definition) is 6. The Morgan fingerprint density at radius 3 is 2.95 bits per heavy atom. The lowest BCUT2D eigenvalue weighted by Crippen LogP contribution is -2.46. The molecule has 0 aromatic carbocycles. The van der Waals surface area contributed by atoms with Crippen LogP contribution in [0.15, 0.2) is 10.6 Å². The van der Waals surface area contributed by atoms with Crippen LogP contribution in [0.3, 0.4) is 0 Å². The van der Waals surface area contributed by atoms with Crippen LogP contribution in [-0.2, 0) is 22.9 Å². The summed E-state index contributed by atoms with van der Waals surface area (Å²) >= 11 is 0. The van der Waals surface area contributed by atoms with E-state index in [-0.39, 0.29) is 17.5 Å². The van der Waals surface area contributed by atoms with Gasteiger partial charge in [-0.3, -0.25) is 4.90 Å². The van der Waals surface area contributed by atoms with Crippen LogP contribution in [-0.4, -0.2) is 48.6 Å². The molecule has 1 fully saturated rings. The Balaban J connectivity index is 1.90. The van der Waals surface area contributed by atoms with Crippen LogP contribution in [0.4, 0.5) is 0 Å². The number of rotatable bonds is 5. The van der Waals surface area contributed by atoms with Gasteiger partial charge in [0.2, 0.25) is 0 Å². The lowest BCUT2D eigenvalue weighted by molar-refractivity contribution is 0.193. The molecule has 1 atom stereocenters. The Morgan fingerprint density at radius 2 is 2.30 bits per heavy atom. The van der Waals surface area contributed by atoms with Gasteiger partial charge in [0.15, 0.2) is 15.6 Å². The smallest absolute Gasteiger partial charge is 0.153 e. The molecule has 2 rings (SSSR count). The summed E-state index contributed by atoms with van der Waals surface area (Å²) in [7, 11) is -2.87. The number of nitrogens with one attached hydrogen (secondary N) is 1. The molecule has 1 aromatic rings. The first-order chi connectivity index (χ1) is 9.35. The highest BCUT2D eigenvalue weighted by Crippen LogP contribution is 2.15. The lowest BCUT2D eigenvalue weighted by Gasteiger charge is -2.32. The standard InChI is InChI=1S/C13H23N3O3S/c1-10(2)14-7-12-6-13(19-15-12)8-16-4-5-20(17,18)9-11(16)3/h6,10-11,14H,4-5,7-9H2,1-3H3. The van der Waals surface area contributed by atoms with Gasteiger partial charge in [0, 0.05) is 31.2 Å². The van der Waals surface area contributed by atoms with Crippen LogP contribution in [0.2, 0.25) is 0 Å². The van der Waals surface area contributed by atoms with E-state index in [0.717, 1.165) is 11.5 Å². The SMILES string of the molecule is CC(C)NCc1cc(CN2CCS(=O)(=O)CC2C)on1. The Morgan fingerprint density at radius 1 is 1.55 bits per heavy atom. The minimum Gasteiger partial charge on any atom is -0.360 e. The fourth-order valence-corrected chi connectivity index (χ4v) is 3.92. The number of nitrogens with zero attached hydrogens (tertiary/aromatic N) is 2. The molecule has 0 radical (unpaired) electrons. The maximum Gasteiger partial charge on any atom is 0.153 e. The van der Waals surface area contributed by atoms with Crippen molar-refractivity contribution < 1.29 is 12.9 Å². The molecule has 20 heavy (non-hydrogen) atoms. The lowest BCUT2D eigenvalue weighted by atomic mass is 10.2. The minimum atomic E-state index is -2.87. The predicted molar refractivity (Wildman–Crippen MR) is 77.0 cm³/mol. The van der Waals surface area contributed by atoms with Crippen molar-refractivity contribution in [1.29, 1.82) is 0 Å². The summed E-state index contributed by atoms with van der Waals surface area (Å²) in [6.45, 7) is 7.96. The van der Waals surface area contributed by atoms with Gasteiger partial charge in [0.1, 0.15) is 0 Å². The first-order valence-corrected chi connectivity index (χ1v) is 8.80. The van der Waals surface area contributed by atoms with E-state index < -0.39 is 9.84 Å². The molecule has 0 aliphatic carbocycles. The molecule has 0 saturated carbocycles. The molecule has 1 aromatic heterocycles. The quantitative estimate of drug-likeness (QED) is 0.866. The van der Waals surface area contributed by atoms with Gasteiger partial charge >= 0.3 is 0 Å². The first-order valence-electron chi connectivity index (χ1n) is 6.98. The molecular formula is C13H23N3O3S. The number of sulfone groups is 1. The van der Waals surface area contributed by atoms with Crippen molar-refractivity contribution in [3.05, 3.63) is 17.5 Å².